The highest BCUT2D eigenvalue weighted by Crippen LogP contribution is 2.30. The van der Waals surface area contributed by atoms with Gasteiger partial charge in [0.2, 0.25) is 0 Å². The Labute approximate surface area is 79.7 Å². The molecule has 2 aromatic rings. The van der Waals surface area contributed by atoms with E-state index in [4.69, 9.17) is 0 Å². The molecule has 0 amide bonds. The molecular weight excluding hydrogens is 184 g/mol. The minimum Gasteiger partial charge on any atom is -0.507 e. The first-order valence-corrected chi connectivity index (χ1v) is 4.71. The van der Waals surface area contributed by atoms with Gasteiger partial charge in [-0.15, -0.1) is 10.2 Å². The van der Waals surface area contributed by atoms with E-state index in [1.165, 1.54) is 11.3 Å². The number of rotatable bonds is 1. The van der Waals surface area contributed by atoms with Crippen LogP contribution in [0.4, 0.5) is 0 Å². The van der Waals surface area contributed by atoms with Gasteiger partial charge < -0.3 is 5.11 Å². The molecule has 0 aliphatic heterocycles. The van der Waals surface area contributed by atoms with Gasteiger partial charge in [-0.3, -0.25) is 0 Å². The van der Waals surface area contributed by atoms with Crippen molar-refractivity contribution in [3.05, 3.63) is 29.3 Å². The van der Waals surface area contributed by atoms with Gasteiger partial charge in [0.25, 0.3) is 0 Å². The predicted octanol–water partition coefficient (Wildman–Crippen LogP) is 2.22. The van der Waals surface area contributed by atoms with Crippen molar-refractivity contribution < 1.29 is 5.11 Å². The molecule has 0 spiro atoms. The third-order valence-electron chi connectivity index (χ3n) is 1.74. The van der Waals surface area contributed by atoms with Crippen LogP contribution < -0.4 is 0 Å². The van der Waals surface area contributed by atoms with E-state index in [0.29, 0.717) is 0 Å². The summed E-state index contributed by atoms with van der Waals surface area (Å²) in [4.78, 5) is 0. The van der Waals surface area contributed by atoms with Crippen LogP contribution in [0.2, 0.25) is 0 Å². The summed E-state index contributed by atoms with van der Waals surface area (Å²) in [5.41, 5.74) is 3.42. The lowest BCUT2D eigenvalue weighted by molar-refractivity contribution is 0.477. The van der Waals surface area contributed by atoms with E-state index in [-0.39, 0.29) is 5.75 Å². The standard InChI is InChI=1S/C9H8N2OS/c1-6-2-3-7(8(12)4-6)9-11-10-5-13-9/h2-5,12H,1H3. The first-order chi connectivity index (χ1) is 6.27. The number of nitrogens with zero attached hydrogens (tertiary/aromatic N) is 2. The summed E-state index contributed by atoms with van der Waals surface area (Å²) in [5.74, 6) is 0.261. The summed E-state index contributed by atoms with van der Waals surface area (Å²) in [5, 5.41) is 18.0. The Bertz CT molecular complexity index is 412. The van der Waals surface area contributed by atoms with Crippen LogP contribution in [0.1, 0.15) is 5.56 Å². The van der Waals surface area contributed by atoms with Gasteiger partial charge in [0.1, 0.15) is 11.3 Å². The molecule has 4 heteroatoms. The van der Waals surface area contributed by atoms with Crippen LogP contribution in [0.3, 0.4) is 0 Å². The summed E-state index contributed by atoms with van der Waals surface area (Å²) >= 11 is 1.41. The molecule has 0 saturated heterocycles. The van der Waals surface area contributed by atoms with E-state index in [1.54, 1.807) is 11.6 Å². The Balaban J connectivity index is 2.53. The minimum atomic E-state index is 0.261. The fourth-order valence-corrected chi connectivity index (χ4v) is 1.70. The molecule has 13 heavy (non-hydrogen) atoms. The maximum atomic E-state index is 9.60. The maximum Gasteiger partial charge on any atom is 0.151 e. The molecule has 0 saturated carbocycles. The quantitative estimate of drug-likeness (QED) is 0.753. The van der Waals surface area contributed by atoms with Gasteiger partial charge in [-0.2, -0.15) is 0 Å². The van der Waals surface area contributed by atoms with Crippen LogP contribution in [0.5, 0.6) is 5.75 Å². The molecule has 0 bridgehead atoms. The number of hydrogen-bond acceptors (Lipinski definition) is 4. The van der Waals surface area contributed by atoms with Crippen LogP contribution in [0.25, 0.3) is 10.6 Å². The van der Waals surface area contributed by atoms with Gasteiger partial charge in [0.15, 0.2) is 5.01 Å². The molecule has 2 rings (SSSR count). The molecular formula is C9H8N2OS. The van der Waals surface area contributed by atoms with Crippen LogP contribution in [0.15, 0.2) is 23.7 Å². The van der Waals surface area contributed by atoms with E-state index in [9.17, 15) is 5.11 Å². The van der Waals surface area contributed by atoms with Crippen LogP contribution in [0, 0.1) is 6.92 Å². The zero-order valence-corrected chi connectivity index (χ0v) is 7.88. The van der Waals surface area contributed by atoms with E-state index >= 15 is 0 Å². The van der Waals surface area contributed by atoms with Crippen LogP contribution >= 0.6 is 11.3 Å². The fourth-order valence-electron chi connectivity index (χ4n) is 1.11. The molecule has 0 aliphatic rings. The normalized spacial score (nSPS) is 10.2. The third kappa shape index (κ3) is 1.53. The predicted molar refractivity (Wildman–Crippen MR) is 51.7 cm³/mol. The Morgan fingerprint density at radius 3 is 2.85 bits per heavy atom. The third-order valence-corrected chi connectivity index (χ3v) is 2.47. The molecule has 0 unspecified atom stereocenters. The van der Waals surface area contributed by atoms with Crippen molar-refractivity contribution in [1.29, 1.82) is 0 Å². The van der Waals surface area contributed by atoms with Crippen molar-refractivity contribution in [2.75, 3.05) is 0 Å². The molecule has 0 fully saturated rings. The second-order valence-electron chi connectivity index (χ2n) is 2.76. The van der Waals surface area contributed by atoms with Gasteiger partial charge in [-0.05, 0) is 24.6 Å². The number of phenolic OH excluding ortho intramolecular Hbond substituents is 1. The highest BCUT2D eigenvalue weighted by molar-refractivity contribution is 7.12. The second-order valence-corrected chi connectivity index (χ2v) is 3.60. The average Bonchev–Trinajstić information content (AvgIpc) is 2.56. The van der Waals surface area contributed by atoms with Gasteiger partial charge in [0, 0.05) is 0 Å². The average molecular weight is 192 g/mol. The first-order valence-electron chi connectivity index (χ1n) is 3.83. The molecule has 0 radical (unpaired) electrons. The van der Waals surface area contributed by atoms with Gasteiger partial charge >= 0.3 is 0 Å². The second kappa shape index (κ2) is 3.14. The Hall–Kier alpha value is -1.42. The van der Waals surface area contributed by atoms with Gasteiger partial charge in [-0.25, -0.2) is 0 Å². The minimum absolute atomic E-state index is 0.261. The number of aromatic hydroxyl groups is 1. The number of phenols is 1. The SMILES string of the molecule is Cc1ccc(-c2nncs2)c(O)c1. The van der Waals surface area contributed by atoms with Crippen molar-refractivity contribution in [1.82, 2.24) is 10.2 Å². The Morgan fingerprint density at radius 1 is 1.38 bits per heavy atom. The lowest BCUT2D eigenvalue weighted by Crippen LogP contribution is -1.79. The highest BCUT2D eigenvalue weighted by Gasteiger charge is 2.06. The van der Waals surface area contributed by atoms with Crippen molar-refractivity contribution in [2.45, 2.75) is 6.92 Å². The Kier molecular flexibility index (Phi) is 1.98. The lowest BCUT2D eigenvalue weighted by Gasteiger charge is -2.00. The van der Waals surface area contributed by atoms with Crippen molar-refractivity contribution in [2.24, 2.45) is 0 Å². The number of hydrogen-bond donors (Lipinski definition) is 1. The van der Waals surface area contributed by atoms with Crippen LogP contribution in [-0.2, 0) is 0 Å². The first kappa shape index (κ1) is 8.19. The summed E-state index contributed by atoms with van der Waals surface area (Å²) in [7, 11) is 0. The molecule has 0 atom stereocenters. The van der Waals surface area contributed by atoms with Crippen molar-refractivity contribution in [3.63, 3.8) is 0 Å². The van der Waals surface area contributed by atoms with Gasteiger partial charge in [-0.1, -0.05) is 17.4 Å². The molecule has 1 aromatic heterocycles. The number of aryl methyl sites for hydroxylation is 1. The van der Waals surface area contributed by atoms with E-state index < -0.39 is 0 Å². The summed E-state index contributed by atoms with van der Waals surface area (Å²) in [6.07, 6.45) is 0. The number of benzene rings is 1. The van der Waals surface area contributed by atoms with Crippen LogP contribution in [-0.4, -0.2) is 15.3 Å². The topological polar surface area (TPSA) is 46.0 Å². The molecule has 66 valence electrons. The monoisotopic (exact) mass is 192 g/mol. The maximum absolute atomic E-state index is 9.60. The largest absolute Gasteiger partial charge is 0.507 e. The van der Waals surface area contributed by atoms with E-state index in [1.807, 2.05) is 19.1 Å². The summed E-state index contributed by atoms with van der Waals surface area (Å²) < 4.78 is 0. The molecule has 3 nitrogen and oxygen atoms in total. The molecule has 1 N–H and O–H groups in total. The van der Waals surface area contributed by atoms with Crippen molar-refractivity contribution >= 4 is 11.3 Å². The molecule has 1 heterocycles. The summed E-state index contributed by atoms with van der Waals surface area (Å²) in [6.45, 7) is 1.93. The summed E-state index contributed by atoms with van der Waals surface area (Å²) in [6, 6.07) is 5.51. The number of aromatic nitrogens is 2. The van der Waals surface area contributed by atoms with E-state index in [0.717, 1.165) is 16.1 Å². The van der Waals surface area contributed by atoms with Gasteiger partial charge in [0.05, 0.1) is 5.56 Å². The lowest BCUT2D eigenvalue weighted by atomic mass is 10.1. The van der Waals surface area contributed by atoms with E-state index in [2.05, 4.69) is 10.2 Å². The smallest absolute Gasteiger partial charge is 0.151 e. The molecule has 0 aliphatic carbocycles. The highest BCUT2D eigenvalue weighted by atomic mass is 32.1. The van der Waals surface area contributed by atoms with Crippen molar-refractivity contribution in [3.8, 4) is 16.3 Å². The molecule has 1 aromatic carbocycles. The Morgan fingerprint density at radius 2 is 2.23 bits per heavy atom. The zero-order valence-electron chi connectivity index (χ0n) is 7.06. The zero-order chi connectivity index (χ0) is 9.26. The fraction of sp³-hybridized carbons (Fsp3) is 0.111.